The van der Waals surface area contributed by atoms with Crippen molar-refractivity contribution in [2.24, 2.45) is 0 Å². The first-order chi connectivity index (χ1) is 8.70. The smallest absolute Gasteiger partial charge is 0.220 e. The summed E-state index contributed by atoms with van der Waals surface area (Å²) < 4.78 is 18.9. The van der Waals surface area contributed by atoms with Crippen molar-refractivity contribution >= 4 is 5.91 Å². The third kappa shape index (κ3) is 2.74. The lowest BCUT2D eigenvalue weighted by Gasteiger charge is -1.98. The van der Waals surface area contributed by atoms with E-state index < -0.39 is 0 Å². The van der Waals surface area contributed by atoms with Crippen LogP contribution < -0.4 is 5.32 Å². The first-order valence-electron chi connectivity index (χ1n) is 5.61. The molecular weight excluding hydrogens is 235 g/mol. The monoisotopic (exact) mass is 248 g/mol. The second kappa shape index (κ2) is 5.44. The van der Waals surface area contributed by atoms with Gasteiger partial charge in [0.15, 0.2) is 11.7 Å². The molecular formula is C13H13FN2O2. The summed E-state index contributed by atoms with van der Waals surface area (Å²) in [5.41, 5.74) is 0.371. The number of nitrogens with one attached hydrogen (secondary N) is 1. The van der Waals surface area contributed by atoms with Crippen molar-refractivity contribution in [2.45, 2.75) is 12.8 Å². The molecule has 0 saturated heterocycles. The average Bonchev–Trinajstić information content (AvgIpc) is 2.85. The molecule has 0 aliphatic heterocycles. The molecule has 0 radical (unpaired) electrons. The van der Waals surface area contributed by atoms with Gasteiger partial charge in [-0.1, -0.05) is 12.1 Å². The summed E-state index contributed by atoms with van der Waals surface area (Å²) in [5, 5.41) is 2.51. The van der Waals surface area contributed by atoms with E-state index in [2.05, 4.69) is 10.3 Å². The van der Waals surface area contributed by atoms with E-state index in [0.29, 0.717) is 30.1 Å². The van der Waals surface area contributed by atoms with Crippen molar-refractivity contribution in [3.8, 4) is 11.3 Å². The van der Waals surface area contributed by atoms with Crippen LogP contribution in [0.5, 0.6) is 0 Å². The van der Waals surface area contributed by atoms with Crippen LogP contribution in [-0.4, -0.2) is 17.9 Å². The molecule has 2 aromatic rings. The van der Waals surface area contributed by atoms with Gasteiger partial charge < -0.3 is 9.73 Å². The Bertz CT molecular complexity index is 551. The van der Waals surface area contributed by atoms with Crippen LogP contribution >= 0.6 is 0 Å². The molecule has 0 spiro atoms. The number of carbonyl (C=O) groups is 1. The molecule has 4 nitrogen and oxygen atoms in total. The zero-order chi connectivity index (χ0) is 13.0. The van der Waals surface area contributed by atoms with Gasteiger partial charge in [-0.25, -0.2) is 9.37 Å². The van der Waals surface area contributed by atoms with Crippen LogP contribution in [0.3, 0.4) is 0 Å². The number of hydrogen-bond donors (Lipinski definition) is 1. The maximum Gasteiger partial charge on any atom is 0.220 e. The Morgan fingerprint density at radius 1 is 1.44 bits per heavy atom. The second-order valence-electron chi connectivity index (χ2n) is 3.77. The van der Waals surface area contributed by atoms with Crippen LogP contribution in [0.15, 0.2) is 34.9 Å². The molecule has 1 heterocycles. The van der Waals surface area contributed by atoms with Crippen molar-refractivity contribution < 1.29 is 13.6 Å². The van der Waals surface area contributed by atoms with Gasteiger partial charge in [-0.2, -0.15) is 0 Å². The van der Waals surface area contributed by atoms with Crippen molar-refractivity contribution in [1.82, 2.24) is 10.3 Å². The number of carbonyl (C=O) groups excluding carboxylic acids is 1. The zero-order valence-electron chi connectivity index (χ0n) is 9.94. The van der Waals surface area contributed by atoms with Crippen LogP contribution in [-0.2, 0) is 11.2 Å². The number of aryl methyl sites for hydroxylation is 1. The summed E-state index contributed by atoms with van der Waals surface area (Å²) in [4.78, 5) is 15.1. The lowest BCUT2D eigenvalue weighted by Crippen LogP contribution is -2.17. The van der Waals surface area contributed by atoms with E-state index in [9.17, 15) is 9.18 Å². The largest absolute Gasteiger partial charge is 0.441 e. The summed E-state index contributed by atoms with van der Waals surface area (Å²) >= 11 is 0. The van der Waals surface area contributed by atoms with Gasteiger partial charge in [-0.05, 0) is 12.1 Å². The molecule has 0 unspecified atom stereocenters. The molecule has 0 atom stereocenters. The van der Waals surface area contributed by atoms with Gasteiger partial charge in [-0.15, -0.1) is 0 Å². The molecule has 0 bridgehead atoms. The third-order valence-electron chi connectivity index (χ3n) is 2.54. The minimum Gasteiger partial charge on any atom is -0.441 e. The highest BCUT2D eigenvalue weighted by molar-refractivity contribution is 5.75. The topological polar surface area (TPSA) is 55.1 Å². The molecule has 0 aliphatic carbocycles. The molecule has 0 aliphatic rings. The average molecular weight is 248 g/mol. The maximum atomic E-state index is 13.5. The standard InChI is InChI=1S/C13H13FN2O2/c1-15-12(17)6-7-13-16-8-11(18-13)9-4-2-3-5-10(9)14/h2-5,8H,6-7H2,1H3,(H,15,17). The molecule has 5 heteroatoms. The number of hydrogen-bond acceptors (Lipinski definition) is 3. The molecule has 1 aromatic heterocycles. The first-order valence-corrected chi connectivity index (χ1v) is 5.61. The summed E-state index contributed by atoms with van der Waals surface area (Å²) in [7, 11) is 1.57. The Balaban J connectivity index is 2.11. The van der Waals surface area contributed by atoms with Gasteiger partial charge in [0.05, 0.1) is 11.8 Å². The highest BCUT2D eigenvalue weighted by Gasteiger charge is 2.11. The van der Waals surface area contributed by atoms with Crippen LogP contribution in [0.25, 0.3) is 11.3 Å². The number of halogens is 1. The normalized spacial score (nSPS) is 10.3. The fourth-order valence-corrected chi connectivity index (χ4v) is 1.56. The summed E-state index contributed by atoms with van der Waals surface area (Å²) in [6.07, 6.45) is 2.17. The molecule has 2 rings (SSSR count). The number of amides is 1. The van der Waals surface area contributed by atoms with E-state index in [4.69, 9.17) is 4.42 Å². The van der Waals surface area contributed by atoms with Crippen molar-refractivity contribution in [3.63, 3.8) is 0 Å². The molecule has 1 N–H and O–H groups in total. The predicted molar refractivity (Wildman–Crippen MR) is 64.3 cm³/mol. The van der Waals surface area contributed by atoms with Gasteiger partial charge >= 0.3 is 0 Å². The number of rotatable bonds is 4. The quantitative estimate of drug-likeness (QED) is 0.902. The molecule has 18 heavy (non-hydrogen) atoms. The van der Waals surface area contributed by atoms with E-state index in [1.165, 1.54) is 12.3 Å². The maximum absolute atomic E-state index is 13.5. The Labute approximate surface area is 104 Å². The van der Waals surface area contributed by atoms with Crippen LogP contribution in [0, 0.1) is 5.82 Å². The molecule has 1 amide bonds. The Kier molecular flexibility index (Phi) is 3.72. The highest BCUT2D eigenvalue weighted by atomic mass is 19.1. The Morgan fingerprint density at radius 3 is 2.94 bits per heavy atom. The minimum absolute atomic E-state index is 0.0827. The lowest BCUT2D eigenvalue weighted by atomic mass is 10.2. The predicted octanol–water partition coefficient (Wildman–Crippen LogP) is 2.16. The van der Waals surface area contributed by atoms with Crippen molar-refractivity contribution in [1.29, 1.82) is 0 Å². The molecule has 0 saturated carbocycles. The summed E-state index contributed by atoms with van der Waals surface area (Å²) in [5.74, 6) is 0.365. The summed E-state index contributed by atoms with van der Waals surface area (Å²) in [6, 6.07) is 6.33. The van der Waals surface area contributed by atoms with E-state index >= 15 is 0 Å². The van der Waals surface area contributed by atoms with E-state index in [1.54, 1.807) is 25.2 Å². The molecule has 94 valence electrons. The Morgan fingerprint density at radius 2 is 2.22 bits per heavy atom. The van der Waals surface area contributed by atoms with Gasteiger partial charge in [-0.3, -0.25) is 4.79 Å². The van der Waals surface area contributed by atoms with E-state index in [1.807, 2.05) is 0 Å². The number of benzene rings is 1. The van der Waals surface area contributed by atoms with E-state index in [0.717, 1.165) is 0 Å². The minimum atomic E-state index is -0.355. The highest BCUT2D eigenvalue weighted by Crippen LogP contribution is 2.23. The fraction of sp³-hybridized carbons (Fsp3) is 0.231. The SMILES string of the molecule is CNC(=O)CCc1ncc(-c2ccccc2F)o1. The second-order valence-corrected chi connectivity index (χ2v) is 3.77. The van der Waals surface area contributed by atoms with Crippen LogP contribution in [0.4, 0.5) is 4.39 Å². The Hall–Kier alpha value is -2.17. The van der Waals surface area contributed by atoms with Crippen LogP contribution in [0.1, 0.15) is 12.3 Å². The van der Waals surface area contributed by atoms with Gasteiger partial charge in [0.2, 0.25) is 5.91 Å². The van der Waals surface area contributed by atoms with Gasteiger partial charge in [0.1, 0.15) is 5.82 Å². The number of aromatic nitrogens is 1. The molecule has 0 fully saturated rings. The number of oxazole rings is 1. The van der Waals surface area contributed by atoms with Gasteiger partial charge in [0, 0.05) is 19.9 Å². The summed E-state index contributed by atoms with van der Waals surface area (Å²) in [6.45, 7) is 0. The van der Waals surface area contributed by atoms with Crippen LogP contribution in [0.2, 0.25) is 0 Å². The van der Waals surface area contributed by atoms with Gasteiger partial charge in [0.25, 0.3) is 0 Å². The molecule has 1 aromatic carbocycles. The lowest BCUT2D eigenvalue weighted by molar-refractivity contribution is -0.120. The third-order valence-corrected chi connectivity index (χ3v) is 2.54. The zero-order valence-corrected chi connectivity index (χ0v) is 9.94. The fourth-order valence-electron chi connectivity index (χ4n) is 1.56. The van der Waals surface area contributed by atoms with Crippen molar-refractivity contribution in [2.75, 3.05) is 7.05 Å². The number of nitrogens with zero attached hydrogens (tertiary/aromatic N) is 1. The van der Waals surface area contributed by atoms with E-state index in [-0.39, 0.29) is 11.7 Å². The van der Waals surface area contributed by atoms with Crippen molar-refractivity contribution in [3.05, 3.63) is 42.2 Å². The first kappa shape index (κ1) is 12.3.